The molecule has 2 heterocycles. The van der Waals surface area contributed by atoms with Gasteiger partial charge in [-0.3, -0.25) is 9.59 Å². The Morgan fingerprint density at radius 3 is 1.15 bits per heavy atom. The van der Waals surface area contributed by atoms with Crippen LogP contribution in [0.15, 0.2) is 36.4 Å². The molecule has 0 bridgehead atoms. The number of nitrogens with zero attached hydrogens (tertiary/aromatic N) is 2. The van der Waals surface area contributed by atoms with Crippen molar-refractivity contribution in [2.45, 2.75) is 66.5 Å². The van der Waals surface area contributed by atoms with E-state index < -0.39 is 17.6 Å². The summed E-state index contributed by atoms with van der Waals surface area (Å²) in [5.74, 6) is -0.592. The molecular weight excluding hydrogens is 625 g/mol. The molecule has 2 N–H and O–H groups in total. The molecule has 0 saturated heterocycles. The number of carbonyl (C=O) groups is 2. The molecular formula is C32H50N4O8Si2. The number of hydrogen-bond donors (Lipinski definition) is 2. The van der Waals surface area contributed by atoms with E-state index >= 15 is 0 Å². The second-order valence-electron chi connectivity index (χ2n) is 10.3. The van der Waals surface area contributed by atoms with Crippen molar-refractivity contribution in [3.8, 4) is 0 Å². The molecule has 12 nitrogen and oxygen atoms in total. The van der Waals surface area contributed by atoms with Gasteiger partial charge in [0.25, 0.3) is 11.8 Å². The minimum absolute atomic E-state index is 0.269. The van der Waals surface area contributed by atoms with Crippen molar-refractivity contribution in [1.29, 1.82) is 0 Å². The standard InChI is InChI=1S/C32H50N4O8Si2/c1-7-39-45(40-8-2,41-9-3)23-13-21-33-31(37)27-19-17-25-15-16-26-18-20-28(36-30(26)29(25)35-27)32(38)34-22-14-24-46(42-10-4,43-11-5)44-12-6/h15-20H,7-14,21-24H2,1-6H3,(H,33,37)(H,34,38). The summed E-state index contributed by atoms with van der Waals surface area (Å²) in [7, 11) is -5.56. The Hall–Kier alpha value is -2.83. The first kappa shape index (κ1) is 37.6. The number of pyridine rings is 2. The summed E-state index contributed by atoms with van der Waals surface area (Å²) in [5, 5.41) is 7.53. The molecule has 46 heavy (non-hydrogen) atoms. The molecule has 14 heteroatoms. The van der Waals surface area contributed by atoms with Gasteiger partial charge in [-0.05, 0) is 66.5 Å². The molecule has 0 radical (unpaired) electrons. The van der Waals surface area contributed by atoms with Gasteiger partial charge in [-0.2, -0.15) is 0 Å². The number of amides is 2. The van der Waals surface area contributed by atoms with E-state index in [0.29, 0.717) is 88.7 Å². The van der Waals surface area contributed by atoms with Gasteiger partial charge in [0.1, 0.15) is 11.4 Å². The molecule has 2 aromatic heterocycles. The van der Waals surface area contributed by atoms with Crippen LogP contribution in [-0.4, -0.2) is 92.1 Å². The van der Waals surface area contributed by atoms with Gasteiger partial charge in [-0.1, -0.05) is 24.3 Å². The molecule has 3 rings (SSSR count). The molecule has 0 aliphatic heterocycles. The summed E-state index contributed by atoms with van der Waals surface area (Å²) in [5.41, 5.74) is 1.64. The Morgan fingerprint density at radius 1 is 0.543 bits per heavy atom. The van der Waals surface area contributed by atoms with Crippen LogP contribution < -0.4 is 10.6 Å². The largest absolute Gasteiger partial charge is 0.500 e. The lowest BCUT2D eigenvalue weighted by Crippen LogP contribution is -2.46. The molecule has 0 aliphatic carbocycles. The molecule has 2 amide bonds. The third kappa shape index (κ3) is 10.3. The first-order chi connectivity index (χ1) is 22.3. The zero-order valence-electron chi connectivity index (χ0n) is 28.1. The SMILES string of the molecule is CCO[Si](CCCNC(=O)c1ccc2ccc3ccc(C(=O)NCCC[Si](OCC)(OCC)OCC)nc3c2n1)(OCC)OCC. The van der Waals surface area contributed by atoms with Crippen LogP contribution in [0.2, 0.25) is 12.1 Å². The van der Waals surface area contributed by atoms with Gasteiger partial charge in [0.15, 0.2) is 0 Å². The van der Waals surface area contributed by atoms with E-state index in [1.807, 2.05) is 65.8 Å². The van der Waals surface area contributed by atoms with Crippen LogP contribution >= 0.6 is 0 Å². The Bertz CT molecular complexity index is 1270. The van der Waals surface area contributed by atoms with Crippen LogP contribution in [0.1, 0.15) is 75.4 Å². The zero-order valence-corrected chi connectivity index (χ0v) is 30.1. The average Bonchev–Trinajstić information content (AvgIpc) is 3.05. The number of rotatable bonds is 22. The van der Waals surface area contributed by atoms with Crippen LogP contribution in [0.25, 0.3) is 21.8 Å². The lowest BCUT2D eigenvalue weighted by atomic mass is 10.1. The minimum atomic E-state index is -2.78. The van der Waals surface area contributed by atoms with E-state index in [2.05, 4.69) is 20.6 Å². The molecule has 0 aliphatic rings. The summed E-state index contributed by atoms with van der Waals surface area (Å²) in [6.45, 7) is 15.4. The Labute approximate surface area is 274 Å². The summed E-state index contributed by atoms with van der Waals surface area (Å²) in [6, 6.07) is 12.1. The van der Waals surface area contributed by atoms with Gasteiger partial charge < -0.3 is 37.2 Å². The second kappa shape index (κ2) is 19.1. The van der Waals surface area contributed by atoms with Crippen LogP contribution in [0.4, 0.5) is 0 Å². The van der Waals surface area contributed by atoms with Gasteiger partial charge >= 0.3 is 17.6 Å². The van der Waals surface area contributed by atoms with Crippen molar-refractivity contribution in [1.82, 2.24) is 20.6 Å². The number of fused-ring (bicyclic) bond motifs is 3. The average molecular weight is 675 g/mol. The van der Waals surface area contributed by atoms with Crippen molar-refractivity contribution in [2.24, 2.45) is 0 Å². The molecule has 254 valence electrons. The number of nitrogens with one attached hydrogen (secondary N) is 2. The Morgan fingerprint density at radius 2 is 0.848 bits per heavy atom. The predicted octanol–water partition coefficient (Wildman–Crippen LogP) is 5.12. The fourth-order valence-corrected chi connectivity index (χ4v) is 10.4. The van der Waals surface area contributed by atoms with E-state index in [-0.39, 0.29) is 23.2 Å². The molecule has 0 saturated carbocycles. The van der Waals surface area contributed by atoms with Crippen LogP contribution in [0.5, 0.6) is 0 Å². The highest BCUT2D eigenvalue weighted by molar-refractivity contribution is 6.61. The Balaban J connectivity index is 1.68. The van der Waals surface area contributed by atoms with Crippen LogP contribution in [-0.2, 0) is 26.6 Å². The van der Waals surface area contributed by atoms with Gasteiger partial charge in [-0.25, -0.2) is 9.97 Å². The van der Waals surface area contributed by atoms with E-state index in [4.69, 9.17) is 26.6 Å². The zero-order chi connectivity index (χ0) is 33.4. The first-order valence-electron chi connectivity index (χ1n) is 16.4. The third-order valence-electron chi connectivity index (χ3n) is 7.06. The Kier molecular flexibility index (Phi) is 15.6. The molecule has 0 fully saturated rings. The topological polar surface area (TPSA) is 139 Å². The van der Waals surface area contributed by atoms with Crippen LogP contribution in [0, 0.1) is 0 Å². The normalized spacial score (nSPS) is 12.1. The van der Waals surface area contributed by atoms with Crippen molar-refractivity contribution < 1.29 is 36.1 Å². The van der Waals surface area contributed by atoms with Crippen molar-refractivity contribution in [3.63, 3.8) is 0 Å². The maximum atomic E-state index is 13.1. The van der Waals surface area contributed by atoms with Crippen molar-refractivity contribution in [3.05, 3.63) is 47.8 Å². The summed E-state index contributed by atoms with van der Waals surface area (Å²) in [6.07, 6.45) is 1.28. The van der Waals surface area contributed by atoms with E-state index in [1.165, 1.54) is 0 Å². The third-order valence-corrected chi connectivity index (χ3v) is 13.4. The van der Waals surface area contributed by atoms with Gasteiger partial charge in [-0.15, -0.1) is 0 Å². The van der Waals surface area contributed by atoms with Crippen molar-refractivity contribution >= 4 is 51.2 Å². The second-order valence-corrected chi connectivity index (χ2v) is 15.7. The predicted molar refractivity (Wildman–Crippen MR) is 182 cm³/mol. The maximum absolute atomic E-state index is 13.1. The smallest absolute Gasteiger partial charge is 0.374 e. The molecule has 0 atom stereocenters. The van der Waals surface area contributed by atoms with Gasteiger partial charge in [0.2, 0.25) is 0 Å². The summed E-state index contributed by atoms with van der Waals surface area (Å²) < 4.78 is 35.4. The highest BCUT2D eigenvalue weighted by Gasteiger charge is 2.40. The van der Waals surface area contributed by atoms with Gasteiger partial charge in [0, 0.05) is 75.6 Å². The quantitative estimate of drug-likeness (QED) is 0.0839. The summed E-state index contributed by atoms with van der Waals surface area (Å²) >= 11 is 0. The number of benzene rings is 1. The van der Waals surface area contributed by atoms with E-state index in [0.717, 1.165) is 10.8 Å². The molecule has 0 spiro atoms. The summed E-state index contributed by atoms with van der Waals surface area (Å²) in [4.78, 5) is 35.5. The van der Waals surface area contributed by atoms with E-state index in [1.54, 1.807) is 12.1 Å². The fraction of sp³-hybridized carbons (Fsp3) is 0.562. The molecule has 1 aromatic carbocycles. The monoisotopic (exact) mass is 674 g/mol. The molecule has 0 unspecified atom stereocenters. The van der Waals surface area contributed by atoms with E-state index in [9.17, 15) is 9.59 Å². The van der Waals surface area contributed by atoms with Crippen molar-refractivity contribution in [2.75, 3.05) is 52.7 Å². The lowest BCUT2D eigenvalue weighted by molar-refractivity contribution is 0.0698. The number of aromatic nitrogens is 2. The van der Waals surface area contributed by atoms with Gasteiger partial charge in [0.05, 0.1) is 11.0 Å². The fourth-order valence-electron chi connectivity index (χ4n) is 5.22. The highest BCUT2D eigenvalue weighted by atomic mass is 28.4. The highest BCUT2D eigenvalue weighted by Crippen LogP contribution is 2.24. The first-order valence-corrected chi connectivity index (χ1v) is 20.3. The van der Waals surface area contributed by atoms with Crippen LogP contribution in [0.3, 0.4) is 0 Å². The number of carbonyl (C=O) groups excluding carboxylic acids is 2. The minimum Gasteiger partial charge on any atom is -0.374 e. The maximum Gasteiger partial charge on any atom is 0.500 e. The lowest BCUT2D eigenvalue weighted by Gasteiger charge is -2.28. The molecule has 3 aromatic rings. The number of hydrogen-bond acceptors (Lipinski definition) is 10.